The number of nitrogens with two attached hydrogens (primary N) is 1. The van der Waals surface area contributed by atoms with Gasteiger partial charge in [-0.3, -0.25) is 0 Å². The zero-order valence-corrected chi connectivity index (χ0v) is 10.4. The van der Waals surface area contributed by atoms with Crippen molar-refractivity contribution in [3.05, 3.63) is 29.6 Å². The van der Waals surface area contributed by atoms with Crippen LogP contribution in [0.2, 0.25) is 0 Å². The van der Waals surface area contributed by atoms with E-state index in [1.807, 2.05) is 0 Å². The number of rotatable bonds is 6. The van der Waals surface area contributed by atoms with E-state index in [1.54, 1.807) is 0 Å². The van der Waals surface area contributed by atoms with E-state index in [0.29, 0.717) is 19.0 Å². The minimum atomic E-state index is -4.55. The number of nitrogens with one attached hydrogen (secondary N) is 1. The predicted molar refractivity (Wildman–Crippen MR) is 64.4 cm³/mol. The molecule has 1 atom stereocenters. The molecule has 0 aromatic heterocycles. The van der Waals surface area contributed by atoms with E-state index in [0.717, 1.165) is 12.1 Å². The van der Waals surface area contributed by atoms with Gasteiger partial charge in [0.15, 0.2) is 0 Å². The molecule has 1 aromatic carbocycles. The summed E-state index contributed by atoms with van der Waals surface area (Å²) in [6.45, 7) is 0.654. The predicted octanol–water partition coefficient (Wildman–Crippen LogP) is 2.62. The lowest BCUT2D eigenvalue weighted by Crippen LogP contribution is -2.28. The summed E-state index contributed by atoms with van der Waals surface area (Å²) < 4.78 is 55.7. The minimum Gasteiger partial charge on any atom is -0.383 e. The lowest BCUT2D eigenvalue weighted by Gasteiger charge is -2.19. The van der Waals surface area contributed by atoms with Crippen LogP contribution in [0, 0.1) is 5.82 Å². The van der Waals surface area contributed by atoms with E-state index in [9.17, 15) is 17.6 Å². The van der Waals surface area contributed by atoms with E-state index in [4.69, 9.17) is 10.5 Å². The summed E-state index contributed by atoms with van der Waals surface area (Å²) in [5.74, 6) is -0.951. The third-order valence-corrected chi connectivity index (χ3v) is 2.54. The first-order valence-electron chi connectivity index (χ1n) is 5.70. The number of ether oxygens (including phenoxy) is 1. The summed E-state index contributed by atoms with van der Waals surface area (Å²) in [7, 11) is 1.48. The van der Waals surface area contributed by atoms with Crippen LogP contribution in [0.3, 0.4) is 0 Å². The topological polar surface area (TPSA) is 47.3 Å². The van der Waals surface area contributed by atoms with Crippen LogP contribution >= 0.6 is 0 Å². The smallest absolute Gasteiger partial charge is 0.383 e. The number of benzene rings is 1. The minimum absolute atomic E-state index is 0.00324. The maximum Gasteiger partial charge on any atom is 0.416 e. The van der Waals surface area contributed by atoms with Crippen molar-refractivity contribution in [2.75, 3.05) is 25.6 Å². The monoisotopic (exact) mass is 280 g/mol. The first kappa shape index (κ1) is 15.7. The number of anilines is 1. The lowest BCUT2D eigenvalue weighted by atomic mass is 10.1. The Hall–Kier alpha value is -1.34. The van der Waals surface area contributed by atoms with Crippen molar-refractivity contribution in [2.24, 2.45) is 5.73 Å². The fourth-order valence-electron chi connectivity index (χ4n) is 1.63. The van der Waals surface area contributed by atoms with E-state index >= 15 is 0 Å². The molecule has 0 saturated heterocycles. The fourth-order valence-corrected chi connectivity index (χ4v) is 1.63. The quantitative estimate of drug-likeness (QED) is 0.787. The average Bonchev–Trinajstić information content (AvgIpc) is 2.31. The molecule has 0 aliphatic rings. The molecule has 1 rings (SSSR count). The molecule has 0 saturated carbocycles. The van der Waals surface area contributed by atoms with Gasteiger partial charge in [0, 0.05) is 7.11 Å². The SMILES string of the molecule is COCC(CCN)Nc1ccc(C(F)(F)F)cc1F. The van der Waals surface area contributed by atoms with Gasteiger partial charge in [0.1, 0.15) is 5.82 Å². The van der Waals surface area contributed by atoms with E-state index in [1.165, 1.54) is 7.11 Å². The largest absolute Gasteiger partial charge is 0.416 e. The van der Waals surface area contributed by atoms with Crippen LogP contribution in [0.25, 0.3) is 0 Å². The summed E-state index contributed by atoms with van der Waals surface area (Å²) in [6, 6.07) is 2.12. The molecule has 0 bridgehead atoms. The molecule has 0 aliphatic carbocycles. The highest BCUT2D eigenvalue weighted by atomic mass is 19.4. The summed E-state index contributed by atoms with van der Waals surface area (Å²) in [4.78, 5) is 0. The molecule has 0 aliphatic heterocycles. The Labute approximate surface area is 108 Å². The third-order valence-electron chi connectivity index (χ3n) is 2.54. The van der Waals surface area contributed by atoms with Gasteiger partial charge < -0.3 is 15.8 Å². The normalized spacial score (nSPS) is 13.4. The fraction of sp³-hybridized carbons (Fsp3) is 0.500. The van der Waals surface area contributed by atoms with E-state index < -0.39 is 17.6 Å². The Kier molecular flexibility index (Phi) is 5.56. The second-order valence-electron chi connectivity index (χ2n) is 4.07. The van der Waals surface area contributed by atoms with Gasteiger partial charge in [0.2, 0.25) is 0 Å². The van der Waals surface area contributed by atoms with Crippen molar-refractivity contribution < 1.29 is 22.3 Å². The number of methoxy groups -OCH3 is 1. The Bertz CT molecular complexity index is 403. The summed E-state index contributed by atoms with van der Waals surface area (Å²) in [5, 5.41) is 2.78. The number of hydrogen-bond donors (Lipinski definition) is 2. The van der Waals surface area contributed by atoms with Crippen LogP contribution in [0.4, 0.5) is 23.2 Å². The summed E-state index contributed by atoms with van der Waals surface area (Å²) in [6.07, 6.45) is -4.03. The number of alkyl halides is 3. The Morgan fingerprint density at radius 2 is 2.05 bits per heavy atom. The molecule has 1 aromatic rings. The Morgan fingerprint density at radius 1 is 1.37 bits per heavy atom. The highest BCUT2D eigenvalue weighted by Gasteiger charge is 2.31. The Morgan fingerprint density at radius 3 is 2.53 bits per heavy atom. The molecule has 1 unspecified atom stereocenters. The standard InChI is InChI=1S/C12H16F4N2O/c1-19-7-9(4-5-17)18-11-3-2-8(6-10(11)13)12(14,15)16/h2-3,6,9,18H,4-5,7,17H2,1H3. The van der Waals surface area contributed by atoms with Gasteiger partial charge in [-0.15, -0.1) is 0 Å². The van der Waals surface area contributed by atoms with Crippen molar-refractivity contribution in [3.63, 3.8) is 0 Å². The van der Waals surface area contributed by atoms with Gasteiger partial charge in [-0.1, -0.05) is 0 Å². The number of hydrogen-bond acceptors (Lipinski definition) is 3. The van der Waals surface area contributed by atoms with Crippen molar-refractivity contribution in [3.8, 4) is 0 Å². The van der Waals surface area contributed by atoms with E-state index in [2.05, 4.69) is 5.32 Å². The highest BCUT2D eigenvalue weighted by molar-refractivity contribution is 5.47. The van der Waals surface area contributed by atoms with Gasteiger partial charge in [-0.2, -0.15) is 13.2 Å². The second-order valence-corrected chi connectivity index (χ2v) is 4.07. The molecule has 0 spiro atoms. The molecule has 19 heavy (non-hydrogen) atoms. The van der Waals surface area contributed by atoms with Crippen molar-refractivity contribution in [2.45, 2.75) is 18.6 Å². The maximum absolute atomic E-state index is 13.6. The molecular formula is C12H16F4N2O. The van der Waals surface area contributed by atoms with Gasteiger partial charge in [-0.05, 0) is 31.2 Å². The van der Waals surface area contributed by atoms with Crippen LogP contribution in [0.15, 0.2) is 18.2 Å². The molecule has 0 amide bonds. The van der Waals surface area contributed by atoms with Crippen LogP contribution in [-0.2, 0) is 10.9 Å². The number of halogens is 4. The molecule has 3 nitrogen and oxygen atoms in total. The molecule has 7 heteroatoms. The third kappa shape index (κ3) is 4.68. The average molecular weight is 280 g/mol. The highest BCUT2D eigenvalue weighted by Crippen LogP contribution is 2.31. The van der Waals surface area contributed by atoms with Crippen LogP contribution in [0.5, 0.6) is 0 Å². The van der Waals surface area contributed by atoms with Gasteiger partial charge in [0.25, 0.3) is 0 Å². The van der Waals surface area contributed by atoms with Crippen molar-refractivity contribution in [1.82, 2.24) is 0 Å². The first-order chi connectivity index (χ1) is 8.88. The van der Waals surface area contributed by atoms with Crippen molar-refractivity contribution in [1.29, 1.82) is 0 Å². The Balaban J connectivity index is 2.84. The molecule has 108 valence electrons. The zero-order chi connectivity index (χ0) is 14.5. The molecule has 0 fully saturated rings. The van der Waals surface area contributed by atoms with Gasteiger partial charge >= 0.3 is 6.18 Å². The van der Waals surface area contributed by atoms with E-state index in [-0.39, 0.29) is 18.3 Å². The van der Waals surface area contributed by atoms with Crippen LogP contribution < -0.4 is 11.1 Å². The maximum atomic E-state index is 13.6. The van der Waals surface area contributed by atoms with Crippen LogP contribution in [-0.4, -0.2) is 26.3 Å². The van der Waals surface area contributed by atoms with Gasteiger partial charge in [0.05, 0.1) is 23.9 Å². The summed E-state index contributed by atoms with van der Waals surface area (Å²) in [5.41, 5.74) is 4.38. The lowest BCUT2D eigenvalue weighted by molar-refractivity contribution is -0.137. The molecule has 3 N–H and O–H groups in total. The molecule has 0 heterocycles. The molecular weight excluding hydrogens is 264 g/mol. The zero-order valence-electron chi connectivity index (χ0n) is 10.4. The summed E-state index contributed by atoms with van der Waals surface area (Å²) >= 11 is 0. The van der Waals surface area contributed by atoms with Crippen LogP contribution in [0.1, 0.15) is 12.0 Å². The van der Waals surface area contributed by atoms with Crippen molar-refractivity contribution >= 4 is 5.69 Å². The first-order valence-corrected chi connectivity index (χ1v) is 5.70. The van der Waals surface area contributed by atoms with Gasteiger partial charge in [-0.25, -0.2) is 4.39 Å². The second kappa shape index (κ2) is 6.72. The molecule has 0 radical (unpaired) electrons.